The monoisotopic (exact) mass is 355 g/mol. The average Bonchev–Trinajstić information content (AvgIpc) is 2.69. The Labute approximate surface area is 158 Å². The highest BCUT2D eigenvalue weighted by Crippen LogP contribution is 2.21. The summed E-state index contributed by atoms with van der Waals surface area (Å²) in [6.45, 7) is 7.71. The maximum absolute atomic E-state index is 5.75. The van der Waals surface area contributed by atoms with E-state index < -0.39 is 0 Å². The van der Waals surface area contributed by atoms with Gasteiger partial charge in [-0.1, -0.05) is 57.4 Å². The molecule has 3 nitrogen and oxygen atoms in total. The van der Waals surface area contributed by atoms with Gasteiger partial charge < -0.3 is 9.47 Å². The van der Waals surface area contributed by atoms with Gasteiger partial charge in [0.15, 0.2) is 0 Å². The molecule has 142 valence electrons. The van der Waals surface area contributed by atoms with Crippen molar-refractivity contribution < 1.29 is 9.47 Å². The first-order valence-corrected chi connectivity index (χ1v) is 10.0. The van der Waals surface area contributed by atoms with Crippen LogP contribution in [0.25, 0.3) is 11.3 Å². The quantitative estimate of drug-likeness (QED) is 0.433. The summed E-state index contributed by atoms with van der Waals surface area (Å²) in [7, 11) is 0. The molecule has 0 saturated carbocycles. The molecule has 2 aromatic rings. The van der Waals surface area contributed by atoms with Crippen molar-refractivity contribution in [2.45, 2.75) is 65.4 Å². The van der Waals surface area contributed by atoms with E-state index in [2.05, 4.69) is 43.1 Å². The summed E-state index contributed by atoms with van der Waals surface area (Å²) in [5.41, 5.74) is 3.53. The van der Waals surface area contributed by atoms with Gasteiger partial charge in [0.25, 0.3) is 0 Å². The molecule has 1 heterocycles. The van der Waals surface area contributed by atoms with Gasteiger partial charge in [0, 0.05) is 12.2 Å². The van der Waals surface area contributed by atoms with Crippen LogP contribution in [0, 0.1) is 0 Å². The SMILES string of the molecule is CCCCCCc1ccc(-c2ccc(OCC(C)OCCC)cn2)cc1. The smallest absolute Gasteiger partial charge is 0.137 e. The number of benzene rings is 1. The minimum absolute atomic E-state index is 0.0968. The highest BCUT2D eigenvalue weighted by molar-refractivity contribution is 5.59. The first-order valence-electron chi connectivity index (χ1n) is 10.0. The first kappa shape index (κ1) is 20.4. The maximum atomic E-state index is 5.75. The molecule has 0 amide bonds. The second kappa shape index (κ2) is 11.7. The molecule has 0 fully saturated rings. The molecule has 0 bridgehead atoms. The number of aryl methyl sites for hydroxylation is 1. The molecule has 0 aliphatic heterocycles. The number of rotatable bonds is 12. The van der Waals surface area contributed by atoms with Crippen molar-refractivity contribution in [2.75, 3.05) is 13.2 Å². The van der Waals surface area contributed by atoms with Crippen LogP contribution in [0.5, 0.6) is 5.75 Å². The zero-order valence-electron chi connectivity index (χ0n) is 16.5. The topological polar surface area (TPSA) is 31.4 Å². The van der Waals surface area contributed by atoms with Crippen molar-refractivity contribution in [1.29, 1.82) is 0 Å². The molecule has 1 unspecified atom stereocenters. The highest BCUT2D eigenvalue weighted by atomic mass is 16.5. The van der Waals surface area contributed by atoms with Crippen LogP contribution in [-0.2, 0) is 11.2 Å². The summed E-state index contributed by atoms with van der Waals surface area (Å²) in [5.74, 6) is 0.785. The second-order valence-corrected chi connectivity index (χ2v) is 6.88. The number of unbranched alkanes of at least 4 members (excludes halogenated alkanes) is 3. The van der Waals surface area contributed by atoms with Crippen molar-refractivity contribution in [2.24, 2.45) is 0 Å². The summed E-state index contributed by atoms with van der Waals surface area (Å²) >= 11 is 0. The molecule has 0 saturated heterocycles. The van der Waals surface area contributed by atoms with Crippen molar-refractivity contribution in [3.63, 3.8) is 0 Å². The molecule has 1 aromatic carbocycles. The second-order valence-electron chi connectivity index (χ2n) is 6.88. The van der Waals surface area contributed by atoms with Crippen LogP contribution >= 0.6 is 0 Å². The van der Waals surface area contributed by atoms with Gasteiger partial charge in [-0.25, -0.2) is 0 Å². The Balaban J connectivity index is 1.83. The van der Waals surface area contributed by atoms with Crippen LogP contribution < -0.4 is 4.74 Å². The van der Waals surface area contributed by atoms with Crippen molar-refractivity contribution in [3.05, 3.63) is 48.2 Å². The molecule has 0 N–H and O–H groups in total. The van der Waals surface area contributed by atoms with Crippen molar-refractivity contribution in [3.8, 4) is 17.0 Å². The van der Waals surface area contributed by atoms with E-state index >= 15 is 0 Å². The van der Waals surface area contributed by atoms with Gasteiger partial charge in [-0.2, -0.15) is 0 Å². The lowest BCUT2D eigenvalue weighted by Crippen LogP contribution is -2.18. The van der Waals surface area contributed by atoms with E-state index in [1.54, 1.807) is 6.20 Å². The van der Waals surface area contributed by atoms with Crippen LogP contribution in [0.1, 0.15) is 58.4 Å². The van der Waals surface area contributed by atoms with E-state index in [0.717, 1.165) is 30.0 Å². The van der Waals surface area contributed by atoms with Crippen LogP contribution in [0.2, 0.25) is 0 Å². The minimum atomic E-state index is 0.0968. The summed E-state index contributed by atoms with van der Waals surface area (Å²) in [4.78, 5) is 4.54. The summed E-state index contributed by atoms with van der Waals surface area (Å²) < 4.78 is 11.4. The zero-order valence-corrected chi connectivity index (χ0v) is 16.5. The van der Waals surface area contributed by atoms with Crippen LogP contribution in [0.15, 0.2) is 42.6 Å². The first-order chi connectivity index (χ1) is 12.7. The van der Waals surface area contributed by atoms with Gasteiger partial charge in [0.1, 0.15) is 12.4 Å². The van der Waals surface area contributed by atoms with Gasteiger partial charge in [-0.3, -0.25) is 4.98 Å². The van der Waals surface area contributed by atoms with Gasteiger partial charge in [0.2, 0.25) is 0 Å². The van der Waals surface area contributed by atoms with E-state index in [4.69, 9.17) is 9.47 Å². The fourth-order valence-electron chi connectivity index (χ4n) is 2.82. The highest BCUT2D eigenvalue weighted by Gasteiger charge is 2.05. The van der Waals surface area contributed by atoms with Crippen molar-refractivity contribution in [1.82, 2.24) is 4.98 Å². The summed E-state index contributed by atoms with van der Waals surface area (Å²) in [6.07, 6.45) is 9.30. The minimum Gasteiger partial charge on any atom is -0.489 e. The normalized spacial score (nSPS) is 12.1. The van der Waals surface area contributed by atoms with Gasteiger partial charge in [-0.15, -0.1) is 0 Å². The van der Waals surface area contributed by atoms with E-state index in [1.807, 2.05) is 19.1 Å². The number of nitrogens with zero attached hydrogens (tertiary/aromatic N) is 1. The van der Waals surface area contributed by atoms with Crippen molar-refractivity contribution >= 4 is 0 Å². The molecule has 0 aliphatic rings. The molecule has 26 heavy (non-hydrogen) atoms. The van der Waals surface area contributed by atoms with Gasteiger partial charge in [0.05, 0.1) is 18.0 Å². The molecule has 0 radical (unpaired) electrons. The molecule has 3 heteroatoms. The number of ether oxygens (including phenoxy) is 2. The van der Waals surface area contributed by atoms with E-state index in [-0.39, 0.29) is 6.10 Å². The predicted octanol–water partition coefficient (Wildman–Crippen LogP) is 6.07. The lowest BCUT2D eigenvalue weighted by Gasteiger charge is -2.13. The van der Waals surface area contributed by atoms with Crippen LogP contribution in [-0.4, -0.2) is 24.3 Å². The molecular weight excluding hydrogens is 322 g/mol. The number of aromatic nitrogens is 1. The Bertz CT molecular complexity index is 607. The van der Waals surface area contributed by atoms with E-state index in [9.17, 15) is 0 Å². The zero-order chi connectivity index (χ0) is 18.6. The fraction of sp³-hybridized carbons (Fsp3) is 0.522. The fourth-order valence-corrected chi connectivity index (χ4v) is 2.82. The largest absolute Gasteiger partial charge is 0.489 e. The summed E-state index contributed by atoms with van der Waals surface area (Å²) in [5, 5.41) is 0. The van der Waals surface area contributed by atoms with E-state index in [1.165, 1.54) is 37.7 Å². The van der Waals surface area contributed by atoms with E-state index in [0.29, 0.717) is 6.61 Å². The standard InChI is InChI=1S/C23H33NO2/c1-4-6-7-8-9-20-10-12-21(13-11-20)23-15-14-22(17-24-23)26-18-19(3)25-16-5-2/h10-15,17,19H,4-9,16,18H2,1-3H3. The number of hydrogen-bond donors (Lipinski definition) is 0. The predicted molar refractivity (Wildman–Crippen MR) is 109 cm³/mol. The third-order valence-electron chi connectivity index (χ3n) is 4.40. The molecule has 1 aromatic heterocycles. The average molecular weight is 356 g/mol. The number of pyridine rings is 1. The van der Waals surface area contributed by atoms with Gasteiger partial charge >= 0.3 is 0 Å². The Morgan fingerprint density at radius 3 is 2.38 bits per heavy atom. The lowest BCUT2D eigenvalue weighted by molar-refractivity contribution is 0.0326. The molecule has 2 rings (SSSR count). The third-order valence-corrected chi connectivity index (χ3v) is 4.40. The number of hydrogen-bond acceptors (Lipinski definition) is 3. The third kappa shape index (κ3) is 7.17. The molecule has 0 spiro atoms. The summed E-state index contributed by atoms with van der Waals surface area (Å²) in [6, 6.07) is 12.8. The lowest BCUT2D eigenvalue weighted by atomic mass is 10.0. The Kier molecular flexibility index (Phi) is 9.19. The van der Waals surface area contributed by atoms with Crippen LogP contribution in [0.3, 0.4) is 0 Å². The van der Waals surface area contributed by atoms with Crippen LogP contribution in [0.4, 0.5) is 0 Å². The Hall–Kier alpha value is -1.87. The Morgan fingerprint density at radius 1 is 0.923 bits per heavy atom. The Morgan fingerprint density at radius 2 is 1.73 bits per heavy atom. The molecule has 0 aliphatic carbocycles. The molecule has 1 atom stereocenters. The molecular formula is C23H33NO2. The van der Waals surface area contributed by atoms with Gasteiger partial charge in [-0.05, 0) is 43.9 Å². The maximum Gasteiger partial charge on any atom is 0.137 e.